The van der Waals surface area contributed by atoms with Crippen molar-refractivity contribution in [2.24, 2.45) is 0 Å². The zero-order valence-corrected chi connectivity index (χ0v) is 8.83. The third-order valence-electron chi connectivity index (χ3n) is 1.47. The van der Waals surface area contributed by atoms with Crippen molar-refractivity contribution in [2.45, 2.75) is 27.2 Å². The Morgan fingerprint density at radius 2 is 1.86 bits per heavy atom. The van der Waals surface area contributed by atoms with E-state index >= 15 is 0 Å². The summed E-state index contributed by atoms with van der Waals surface area (Å²) in [5, 5.41) is 0. The Balaban J connectivity index is 3.76. The summed E-state index contributed by atoms with van der Waals surface area (Å²) < 4.78 is 9.46. The Morgan fingerprint density at radius 3 is 2.36 bits per heavy atom. The normalized spacial score (nSPS) is 10.9. The van der Waals surface area contributed by atoms with Crippen molar-refractivity contribution in [1.82, 2.24) is 0 Å². The van der Waals surface area contributed by atoms with Crippen LogP contribution < -0.4 is 0 Å². The molecule has 0 bridgehead atoms. The third-order valence-corrected chi connectivity index (χ3v) is 1.47. The van der Waals surface area contributed by atoms with Crippen LogP contribution in [0.15, 0.2) is 11.6 Å². The monoisotopic (exact) mass is 200 g/mol. The molecule has 80 valence electrons. The van der Waals surface area contributed by atoms with Gasteiger partial charge in [0.1, 0.15) is 0 Å². The van der Waals surface area contributed by atoms with E-state index in [1.165, 1.54) is 6.92 Å². The van der Waals surface area contributed by atoms with Gasteiger partial charge in [-0.25, -0.2) is 4.79 Å². The van der Waals surface area contributed by atoms with Gasteiger partial charge in [-0.3, -0.25) is 4.79 Å². The topological polar surface area (TPSA) is 52.6 Å². The molecule has 0 heterocycles. The van der Waals surface area contributed by atoms with Crippen LogP contribution in [-0.4, -0.2) is 25.2 Å². The van der Waals surface area contributed by atoms with Gasteiger partial charge in [0.15, 0.2) is 0 Å². The molecule has 0 radical (unpaired) electrons. The van der Waals surface area contributed by atoms with Crippen molar-refractivity contribution in [3.63, 3.8) is 0 Å². The Labute approximate surface area is 83.9 Å². The summed E-state index contributed by atoms with van der Waals surface area (Å²) in [6, 6.07) is 0. The van der Waals surface area contributed by atoms with E-state index in [-0.39, 0.29) is 11.9 Å². The predicted molar refractivity (Wildman–Crippen MR) is 51.6 cm³/mol. The highest BCUT2D eigenvalue weighted by atomic mass is 16.5. The number of carbonyl (C=O) groups excluding carboxylic acids is 2. The van der Waals surface area contributed by atoms with Gasteiger partial charge in [0.05, 0.1) is 13.2 Å². The third kappa shape index (κ3) is 6.22. The highest BCUT2D eigenvalue weighted by Gasteiger charge is 2.02. The minimum absolute atomic E-state index is 0.298. The van der Waals surface area contributed by atoms with Crippen LogP contribution in [0.3, 0.4) is 0 Å². The smallest absolute Gasteiger partial charge is 0.333 e. The van der Waals surface area contributed by atoms with Gasteiger partial charge in [-0.15, -0.1) is 0 Å². The molecule has 0 amide bonds. The number of rotatable bonds is 5. The summed E-state index contributed by atoms with van der Waals surface area (Å²) in [5.41, 5.74) is 0.541. The molecule has 4 heteroatoms. The lowest BCUT2D eigenvalue weighted by Gasteiger charge is -2.01. The van der Waals surface area contributed by atoms with Gasteiger partial charge in [0.25, 0.3) is 0 Å². The van der Waals surface area contributed by atoms with E-state index in [4.69, 9.17) is 9.47 Å². The van der Waals surface area contributed by atoms with Gasteiger partial charge in [-0.1, -0.05) is 6.08 Å². The van der Waals surface area contributed by atoms with Crippen LogP contribution >= 0.6 is 0 Å². The Morgan fingerprint density at radius 1 is 1.21 bits per heavy atom. The van der Waals surface area contributed by atoms with Crippen molar-refractivity contribution in [2.75, 3.05) is 13.2 Å². The summed E-state index contributed by atoms with van der Waals surface area (Å²) in [6.45, 7) is 5.44. The molecule has 0 fully saturated rings. The molecule has 0 aromatic carbocycles. The van der Waals surface area contributed by atoms with Gasteiger partial charge >= 0.3 is 11.9 Å². The maximum Gasteiger partial charge on any atom is 0.333 e. The lowest BCUT2D eigenvalue weighted by Crippen LogP contribution is -2.06. The lowest BCUT2D eigenvalue weighted by atomic mass is 10.2. The summed E-state index contributed by atoms with van der Waals surface area (Å²) in [5.74, 6) is -0.637. The van der Waals surface area contributed by atoms with Crippen LogP contribution in [-0.2, 0) is 19.1 Å². The molecule has 0 unspecified atom stereocenters. The quantitative estimate of drug-likeness (QED) is 0.383. The van der Waals surface area contributed by atoms with E-state index in [1.807, 2.05) is 0 Å². The van der Waals surface area contributed by atoms with Gasteiger partial charge in [0, 0.05) is 18.9 Å². The van der Waals surface area contributed by atoms with Crippen molar-refractivity contribution in [3.8, 4) is 0 Å². The van der Waals surface area contributed by atoms with E-state index in [0.29, 0.717) is 25.2 Å². The van der Waals surface area contributed by atoms with Crippen LogP contribution in [0, 0.1) is 0 Å². The Bertz CT molecular complexity index is 230. The van der Waals surface area contributed by atoms with Gasteiger partial charge in [-0.2, -0.15) is 0 Å². The summed E-state index contributed by atoms with van der Waals surface area (Å²) in [6.07, 6.45) is 2.23. The molecule has 0 aliphatic carbocycles. The van der Waals surface area contributed by atoms with Gasteiger partial charge in [0.2, 0.25) is 0 Å². The molecule has 0 N–H and O–H groups in total. The Kier molecular flexibility index (Phi) is 6.45. The van der Waals surface area contributed by atoms with Crippen LogP contribution in [0.5, 0.6) is 0 Å². The predicted octanol–water partition coefficient (Wildman–Crippen LogP) is 1.45. The molecular weight excluding hydrogens is 184 g/mol. The number of hydrogen-bond acceptors (Lipinski definition) is 4. The lowest BCUT2D eigenvalue weighted by molar-refractivity contribution is -0.140. The first-order valence-corrected chi connectivity index (χ1v) is 4.55. The standard InChI is InChI=1S/C10H16O4/c1-4-13-10(12)8(2)6-5-7-14-9(3)11/h6H,4-5,7H2,1-3H3. The molecule has 4 nitrogen and oxygen atoms in total. The minimum Gasteiger partial charge on any atom is -0.466 e. The average molecular weight is 200 g/mol. The fourth-order valence-electron chi connectivity index (χ4n) is 0.806. The van der Waals surface area contributed by atoms with E-state index in [1.54, 1.807) is 19.9 Å². The maximum absolute atomic E-state index is 11.1. The fourth-order valence-corrected chi connectivity index (χ4v) is 0.806. The largest absolute Gasteiger partial charge is 0.466 e. The highest BCUT2D eigenvalue weighted by Crippen LogP contribution is 1.99. The average Bonchev–Trinajstić information content (AvgIpc) is 2.12. The SMILES string of the molecule is CCOC(=O)C(C)=CCCOC(C)=O. The molecular formula is C10H16O4. The zero-order valence-electron chi connectivity index (χ0n) is 8.83. The van der Waals surface area contributed by atoms with E-state index < -0.39 is 0 Å². The molecule has 0 aliphatic rings. The minimum atomic E-state index is -0.324. The second-order valence-electron chi connectivity index (χ2n) is 2.74. The van der Waals surface area contributed by atoms with Crippen molar-refractivity contribution >= 4 is 11.9 Å². The number of carbonyl (C=O) groups is 2. The number of ether oxygens (including phenoxy) is 2. The number of hydrogen-bond donors (Lipinski definition) is 0. The first kappa shape index (κ1) is 12.7. The highest BCUT2D eigenvalue weighted by molar-refractivity contribution is 5.87. The fraction of sp³-hybridized carbons (Fsp3) is 0.600. The first-order chi connectivity index (χ1) is 6.57. The van der Waals surface area contributed by atoms with Crippen LogP contribution in [0.2, 0.25) is 0 Å². The second-order valence-corrected chi connectivity index (χ2v) is 2.74. The molecule has 14 heavy (non-hydrogen) atoms. The number of esters is 2. The Hall–Kier alpha value is -1.32. The van der Waals surface area contributed by atoms with Crippen molar-refractivity contribution in [1.29, 1.82) is 0 Å². The van der Waals surface area contributed by atoms with E-state index in [2.05, 4.69) is 0 Å². The molecule has 0 aromatic heterocycles. The zero-order chi connectivity index (χ0) is 11.0. The molecule has 0 spiro atoms. The molecule has 0 atom stereocenters. The van der Waals surface area contributed by atoms with E-state index in [0.717, 1.165) is 0 Å². The maximum atomic E-state index is 11.1. The van der Waals surface area contributed by atoms with Crippen molar-refractivity contribution in [3.05, 3.63) is 11.6 Å². The molecule has 0 aromatic rings. The first-order valence-electron chi connectivity index (χ1n) is 4.55. The second kappa shape index (κ2) is 7.12. The van der Waals surface area contributed by atoms with E-state index in [9.17, 15) is 9.59 Å². The van der Waals surface area contributed by atoms with Crippen molar-refractivity contribution < 1.29 is 19.1 Å². The van der Waals surface area contributed by atoms with Gasteiger partial charge < -0.3 is 9.47 Å². The summed E-state index contributed by atoms with van der Waals surface area (Å²) in [4.78, 5) is 21.5. The van der Waals surface area contributed by atoms with Crippen LogP contribution in [0.25, 0.3) is 0 Å². The molecule has 0 saturated carbocycles. The summed E-state index contributed by atoms with van der Waals surface area (Å²) in [7, 11) is 0. The van der Waals surface area contributed by atoms with Crippen LogP contribution in [0.1, 0.15) is 27.2 Å². The molecule has 0 rings (SSSR count). The summed E-state index contributed by atoms with van der Waals surface area (Å²) >= 11 is 0. The van der Waals surface area contributed by atoms with Gasteiger partial charge in [-0.05, 0) is 13.8 Å². The molecule has 0 saturated heterocycles. The van der Waals surface area contributed by atoms with Crippen LogP contribution in [0.4, 0.5) is 0 Å². The molecule has 0 aliphatic heterocycles.